The van der Waals surface area contributed by atoms with Gasteiger partial charge in [-0.05, 0) is 25.0 Å². The van der Waals surface area contributed by atoms with Crippen LogP contribution in [0.4, 0.5) is 0 Å². The lowest BCUT2D eigenvalue weighted by molar-refractivity contribution is 0.174. The predicted molar refractivity (Wildman–Crippen MR) is 68.5 cm³/mol. The molecule has 1 aromatic carbocycles. The van der Waals surface area contributed by atoms with E-state index in [1.807, 2.05) is 0 Å². The van der Waals surface area contributed by atoms with Crippen LogP contribution in [0.15, 0.2) is 23.1 Å². The molecule has 0 unspecified atom stereocenters. The van der Waals surface area contributed by atoms with Crippen LogP contribution in [-0.4, -0.2) is 38.6 Å². The molecule has 0 aromatic heterocycles. The number of piperidine rings is 1. The highest BCUT2D eigenvalue weighted by Gasteiger charge is 2.30. The molecule has 1 aromatic rings. The van der Waals surface area contributed by atoms with Gasteiger partial charge >= 0.3 is 0 Å². The monoisotopic (exact) mass is 284 g/mol. The van der Waals surface area contributed by atoms with Crippen molar-refractivity contribution in [3.05, 3.63) is 18.2 Å². The molecule has 0 spiro atoms. The van der Waals surface area contributed by atoms with Crippen molar-refractivity contribution >= 4 is 10.0 Å². The van der Waals surface area contributed by atoms with E-state index in [9.17, 15) is 8.42 Å². The van der Waals surface area contributed by atoms with Crippen molar-refractivity contribution in [2.24, 2.45) is 5.73 Å². The van der Waals surface area contributed by atoms with Crippen LogP contribution < -0.4 is 15.2 Å². The number of ether oxygens (including phenoxy) is 2. The van der Waals surface area contributed by atoms with Crippen LogP contribution in [0.3, 0.4) is 0 Å². The van der Waals surface area contributed by atoms with E-state index in [-0.39, 0.29) is 17.7 Å². The summed E-state index contributed by atoms with van der Waals surface area (Å²) in [6.07, 6.45) is 1.66. The minimum atomic E-state index is -3.50. The van der Waals surface area contributed by atoms with Gasteiger partial charge in [0.1, 0.15) is 0 Å². The summed E-state index contributed by atoms with van der Waals surface area (Å²) in [5.74, 6) is 1.05. The Morgan fingerprint density at radius 2 is 2.05 bits per heavy atom. The van der Waals surface area contributed by atoms with E-state index in [0.29, 0.717) is 24.6 Å². The largest absolute Gasteiger partial charge is 0.454 e. The number of benzene rings is 1. The van der Waals surface area contributed by atoms with Gasteiger partial charge in [0.2, 0.25) is 16.8 Å². The summed E-state index contributed by atoms with van der Waals surface area (Å²) in [6, 6.07) is 4.59. The van der Waals surface area contributed by atoms with Gasteiger partial charge in [-0.15, -0.1) is 0 Å². The molecule has 0 bridgehead atoms. The SMILES string of the molecule is N[C@@H]1CCCN(S(=O)(=O)c2ccc3c(c2)OCO3)C1. The maximum absolute atomic E-state index is 12.5. The lowest BCUT2D eigenvalue weighted by Gasteiger charge is -2.29. The van der Waals surface area contributed by atoms with Crippen LogP contribution in [0.5, 0.6) is 11.5 Å². The fraction of sp³-hybridized carbons (Fsp3) is 0.500. The third kappa shape index (κ3) is 2.29. The second-order valence-electron chi connectivity index (χ2n) is 4.78. The van der Waals surface area contributed by atoms with Crippen molar-refractivity contribution < 1.29 is 17.9 Å². The van der Waals surface area contributed by atoms with Crippen LogP contribution in [-0.2, 0) is 10.0 Å². The highest BCUT2D eigenvalue weighted by molar-refractivity contribution is 7.89. The van der Waals surface area contributed by atoms with E-state index in [1.54, 1.807) is 12.1 Å². The van der Waals surface area contributed by atoms with Gasteiger partial charge in [-0.25, -0.2) is 8.42 Å². The predicted octanol–water partition coefficient (Wildman–Crippen LogP) is 0.527. The van der Waals surface area contributed by atoms with E-state index in [2.05, 4.69) is 0 Å². The van der Waals surface area contributed by atoms with Crippen molar-refractivity contribution in [1.29, 1.82) is 0 Å². The molecule has 0 saturated carbocycles. The smallest absolute Gasteiger partial charge is 0.243 e. The number of rotatable bonds is 2. The highest BCUT2D eigenvalue weighted by Crippen LogP contribution is 2.34. The first-order chi connectivity index (χ1) is 9.07. The number of hydrogen-bond donors (Lipinski definition) is 1. The second kappa shape index (κ2) is 4.66. The summed E-state index contributed by atoms with van der Waals surface area (Å²) >= 11 is 0. The van der Waals surface area contributed by atoms with Gasteiger partial charge in [-0.2, -0.15) is 4.31 Å². The molecular formula is C12H16N2O4S. The van der Waals surface area contributed by atoms with Crippen molar-refractivity contribution in [3.8, 4) is 11.5 Å². The highest BCUT2D eigenvalue weighted by atomic mass is 32.2. The Hall–Kier alpha value is -1.31. The fourth-order valence-corrected chi connectivity index (χ4v) is 3.93. The second-order valence-corrected chi connectivity index (χ2v) is 6.72. The Morgan fingerprint density at radius 1 is 1.26 bits per heavy atom. The number of nitrogens with two attached hydrogens (primary N) is 1. The zero-order valence-corrected chi connectivity index (χ0v) is 11.2. The first-order valence-corrected chi connectivity index (χ1v) is 7.67. The van der Waals surface area contributed by atoms with Gasteiger partial charge in [-0.3, -0.25) is 0 Å². The van der Waals surface area contributed by atoms with Gasteiger partial charge in [0.15, 0.2) is 11.5 Å². The number of sulfonamides is 1. The number of fused-ring (bicyclic) bond motifs is 1. The molecule has 7 heteroatoms. The van der Waals surface area contributed by atoms with Gasteiger partial charge < -0.3 is 15.2 Å². The van der Waals surface area contributed by atoms with Gasteiger partial charge in [-0.1, -0.05) is 0 Å². The normalized spacial score (nSPS) is 23.5. The standard InChI is InChI=1S/C12H16N2O4S/c13-9-2-1-5-14(7-9)19(15,16)10-3-4-11-12(6-10)18-8-17-11/h3-4,6,9H,1-2,5,7-8,13H2/t9-/m1/s1. The molecule has 1 saturated heterocycles. The lowest BCUT2D eigenvalue weighted by Crippen LogP contribution is -2.45. The molecule has 0 amide bonds. The Balaban J connectivity index is 1.91. The third-order valence-corrected chi connectivity index (χ3v) is 5.26. The van der Waals surface area contributed by atoms with Gasteiger partial charge in [0.05, 0.1) is 4.90 Å². The molecule has 2 heterocycles. The molecular weight excluding hydrogens is 268 g/mol. The van der Waals surface area contributed by atoms with Gasteiger partial charge in [0.25, 0.3) is 0 Å². The Kier molecular flexibility index (Phi) is 3.12. The molecule has 1 fully saturated rings. The third-order valence-electron chi connectivity index (χ3n) is 3.40. The summed E-state index contributed by atoms with van der Waals surface area (Å²) in [5.41, 5.74) is 5.84. The van der Waals surface area contributed by atoms with Crippen LogP contribution in [0.25, 0.3) is 0 Å². The quantitative estimate of drug-likeness (QED) is 0.856. The number of nitrogens with zero attached hydrogens (tertiary/aromatic N) is 1. The zero-order valence-electron chi connectivity index (χ0n) is 10.4. The first kappa shape index (κ1) is 12.7. The molecule has 1 atom stereocenters. The Morgan fingerprint density at radius 3 is 2.84 bits per heavy atom. The topological polar surface area (TPSA) is 81.9 Å². The summed E-state index contributed by atoms with van der Waals surface area (Å²) in [6.45, 7) is 1.02. The molecule has 0 aliphatic carbocycles. The van der Waals surface area contributed by atoms with Crippen molar-refractivity contribution in [2.45, 2.75) is 23.8 Å². The van der Waals surface area contributed by atoms with Crippen LogP contribution in [0, 0.1) is 0 Å². The van der Waals surface area contributed by atoms with Crippen molar-refractivity contribution in [1.82, 2.24) is 4.31 Å². The molecule has 19 heavy (non-hydrogen) atoms. The van der Waals surface area contributed by atoms with Crippen LogP contribution >= 0.6 is 0 Å². The van der Waals surface area contributed by atoms with Crippen LogP contribution in [0.1, 0.15) is 12.8 Å². The fourth-order valence-electron chi connectivity index (χ4n) is 2.38. The van der Waals surface area contributed by atoms with Crippen molar-refractivity contribution in [2.75, 3.05) is 19.9 Å². The molecule has 104 valence electrons. The van der Waals surface area contributed by atoms with E-state index in [4.69, 9.17) is 15.2 Å². The molecule has 2 N–H and O–H groups in total. The first-order valence-electron chi connectivity index (χ1n) is 6.23. The van der Waals surface area contributed by atoms with E-state index >= 15 is 0 Å². The maximum Gasteiger partial charge on any atom is 0.243 e. The Labute approximate surface area is 112 Å². The zero-order chi connectivity index (χ0) is 13.5. The molecule has 3 rings (SSSR count). The molecule has 6 nitrogen and oxygen atoms in total. The summed E-state index contributed by atoms with van der Waals surface area (Å²) in [4.78, 5) is 0.228. The van der Waals surface area contributed by atoms with Gasteiger partial charge in [0, 0.05) is 25.2 Å². The average Bonchev–Trinajstić information content (AvgIpc) is 2.85. The van der Waals surface area contributed by atoms with E-state index < -0.39 is 10.0 Å². The van der Waals surface area contributed by atoms with E-state index in [1.165, 1.54) is 10.4 Å². The average molecular weight is 284 g/mol. The molecule has 0 radical (unpaired) electrons. The molecule has 2 aliphatic heterocycles. The summed E-state index contributed by atoms with van der Waals surface area (Å²) in [5, 5.41) is 0. The maximum atomic E-state index is 12.5. The summed E-state index contributed by atoms with van der Waals surface area (Å²) in [7, 11) is -3.50. The lowest BCUT2D eigenvalue weighted by atomic mass is 10.1. The summed E-state index contributed by atoms with van der Waals surface area (Å²) < 4.78 is 36.8. The minimum Gasteiger partial charge on any atom is -0.454 e. The van der Waals surface area contributed by atoms with Crippen molar-refractivity contribution in [3.63, 3.8) is 0 Å². The van der Waals surface area contributed by atoms with E-state index in [0.717, 1.165) is 12.8 Å². The number of hydrogen-bond acceptors (Lipinski definition) is 5. The van der Waals surface area contributed by atoms with Crippen LogP contribution in [0.2, 0.25) is 0 Å². The Bertz CT molecular complexity index is 587. The molecule has 2 aliphatic rings. The minimum absolute atomic E-state index is 0.0856.